The summed E-state index contributed by atoms with van der Waals surface area (Å²) < 4.78 is 0. The SMILES string of the molecule is CC(C)[Si](Cl)(c1ccc(Cl)cc1)C(C)C. The second-order valence-corrected chi connectivity index (χ2v) is 11.3. The van der Waals surface area contributed by atoms with Crippen LogP contribution in [0.15, 0.2) is 24.3 Å². The Labute approximate surface area is 103 Å². The molecule has 0 atom stereocenters. The number of halogens is 2. The van der Waals surface area contributed by atoms with Gasteiger partial charge in [-0.05, 0) is 28.4 Å². The Kier molecular flexibility index (Phi) is 4.27. The van der Waals surface area contributed by atoms with Gasteiger partial charge in [0.2, 0.25) is 0 Å². The quantitative estimate of drug-likeness (QED) is 0.553. The molecule has 0 bridgehead atoms. The van der Waals surface area contributed by atoms with Crippen LogP contribution in [0.2, 0.25) is 16.1 Å². The molecule has 1 rings (SSSR count). The highest BCUT2D eigenvalue weighted by molar-refractivity contribution is 7.28. The smallest absolute Gasteiger partial charge is 0.160 e. The van der Waals surface area contributed by atoms with E-state index in [0.29, 0.717) is 11.1 Å². The van der Waals surface area contributed by atoms with Crippen LogP contribution in [0.25, 0.3) is 0 Å². The van der Waals surface area contributed by atoms with Crippen LogP contribution >= 0.6 is 22.7 Å². The van der Waals surface area contributed by atoms with Gasteiger partial charge in [-0.1, -0.05) is 51.4 Å². The van der Waals surface area contributed by atoms with Gasteiger partial charge in [-0.25, -0.2) is 0 Å². The first-order valence-electron chi connectivity index (χ1n) is 5.34. The van der Waals surface area contributed by atoms with Gasteiger partial charge >= 0.3 is 0 Å². The van der Waals surface area contributed by atoms with E-state index >= 15 is 0 Å². The lowest BCUT2D eigenvalue weighted by molar-refractivity contribution is 0.940. The predicted octanol–water partition coefficient (Wildman–Crippen LogP) is 4.55. The predicted molar refractivity (Wildman–Crippen MR) is 72.9 cm³/mol. The Morgan fingerprint density at radius 2 is 1.33 bits per heavy atom. The van der Waals surface area contributed by atoms with Gasteiger partial charge < -0.3 is 0 Å². The lowest BCUT2D eigenvalue weighted by atomic mass is 10.4. The molecule has 0 fully saturated rings. The van der Waals surface area contributed by atoms with E-state index in [9.17, 15) is 0 Å². The first kappa shape index (κ1) is 13.1. The summed E-state index contributed by atoms with van der Waals surface area (Å²) in [6.45, 7) is 8.86. The molecule has 84 valence electrons. The van der Waals surface area contributed by atoms with E-state index in [1.165, 1.54) is 5.19 Å². The van der Waals surface area contributed by atoms with Gasteiger partial charge in [-0.15, -0.1) is 0 Å². The first-order chi connectivity index (χ1) is 6.89. The van der Waals surface area contributed by atoms with E-state index in [-0.39, 0.29) is 0 Å². The summed E-state index contributed by atoms with van der Waals surface area (Å²) in [4.78, 5) is 0. The lowest BCUT2D eigenvalue weighted by Crippen LogP contribution is -2.47. The summed E-state index contributed by atoms with van der Waals surface area (Å²) >= 11 is 12.8. The van der Waals surface area contributed by atoms with Crippen LogP contribution < -0.4 is 5.19 Å². The molecule has 1 aromatic rings. The Hall–Kier alpha value is 0.0169. The van der Waals surface area contributed by atoms with Crippen LogP contribution in [-0.2, 0) is 0 Å². The van der Waals surface area contributed by atoms with Crippen molar-refractivity contribution in [2.45, 2.75) is 38.8 Å². The van der Waals surface area contributed by atoms with Gasteiger partial charge in [-0.3, -0.25) is 0 Å². The molecule has 0 saturated heterocycles. The van der Waals surface area contributed by atoms with E-state index < -0.39 is 7.38 Å². The third-order valence-electron chi connectivity index (χ3n) is 2.97. The molecule has 0 amide bonds. The van der Waals surface area contributed by atoms with Crippen molar-refractivity contribution in [2.24, 2.45) is 0 Å². The van der Waals surface area contributed by atoms with Crippen molar-refractivity contribution < 1.29 is 0 Å². The van der Waals surface area contributed by atoms with Crippen LogP contribution in [0.5, 0.6) is 0 Å². The second kappa shape index (κ2) is 4.90. The van der Waals surface area contributed by atoms with E-state index in [0.717, 1.165) is 5.02 Å². The normalized spacial score (nSPS) is 12.5. The number of hydrogen-bond donors (Lipinski definition) is 0. The van der Waals surface area contributed by atoms with Crippen molar-refractivity contribution in [3.05, 3.63) is 29.3 Å². The first-order valence-corrected chi connectivity index (χ1v) is 8.88. The van der Waals surface area contributed by atoms with Gasteiger partial charge in [0.25, 0.3) is 0 Å². The molecule has 0 aliphatic carbocycles. The summed E-state index contributed by atoms with van der Waals surface area (Å²) in [6, 6.07) is 8.04. The fourth-order valence-corrected chi connectivity index (χ4v) is 5.89. The largest absolute Gasteiger partial charge is 0.191 e. The highest BCUT2D eigenvalue weighted by Crippen LogP contribution is 2.35. The van der Waals surface area contributed by atoms with Crippen LogP contribution in [0.4, 0.5) is 0 Å². The molecule has 0 saturated carbocycles. The third-order valence-corrected chi connectivity index (χ3v) is 11.1. The average Bonchev–Trinajstić information content (AvgIpc) is 2.17. The average molecular weight is 261 g/mol. The van der Waals surface area contributed by atoms with E-state index in [4.69, 9.17) is 22.7 Å². The third kappa shape index (κ3) is 2.58. The summed E-state index contributed by atoms with van der Waals surface area (Å²) in [5.74, 6) is 0. The molecule has 0 radical (unpaired) electrons. The molecule has 0 aliphatic rings. The minimum Gasteiger partial charge on any atom is -0.160 e. The van der Waals surface area contributed by atoms with Crippen molar-refractivity contribution in [1.29, 1.82) is 0 Å². The molecule has 3 heteroatoms. The number of benzene rings is 1. The van der Waals surface area contributed by atoms with Crippen LogP contribution in [0.1, 0.15) is 27.7 Å². The van der Waals surface area contributed by atoms with Crippen molar-refractivity contribution in [1.82, 2.24) is 0 Å². The van der Waals surface area contributed by atoms with Crippen molar-refractivity contribution in [3.8, 4) is 0 Å². The highest BCUT2D eigenvalue weighted by atomic mass is 35.6. The number of hydrogen-bond acceptors (Lipinski definition) is 0. The Bertz CT molecular complexity index is 309. The molecular weight excluding hydrogens is 243 g/mol. The zero-order valence-corrected chi connectivity index (χ0v) is 12.2. The molecule has 0 aliphatic heterocycles. The fourth-order valence-electron chi connectivity index (χ4n) is 2.04. The van der Waals surface area contributed by atoms with Crippen molar-refractivity contribution in [3.63, 3.8) is 0 Å². The van der Waals surface area contributed by atoms with E-state index in [2.05, 4.69) is 39.8 Å². The second-order valence-electron chi connectivity index (χ2n) is 4.58. The molecular formula is C12H18Cl2Si. The maximum atomic E-state index is 6.88. The maximum absolute atomic E-state index is 6.88. The topological polar surface area (TPSA) is 0 Å². The summed E-state index contributed by atoms with van der Waals surface area (Å²) in [5.41, 5.74) is 1.06. The molecule has 0 heterocycles. The van der Waals surface area contributed by atoms with Crippen molar-refractivity contribution >= 4 is 35.3 Å². The minimum atomic E-state index is -1.89. The minimum absolute atomic E-state index is 0.528. The van der Waals surface area contributed by atoms with E-state index in [1.54, 1.807) is 0 Å². The fraction of sp³-hybridized carbons (Fsp3) is 0.500. The van der Waals surface area contributed by atoms with E-state index in [1.807, 2.05) is 12.1 Å². The molecule has 1 aromatic carbocycles. The van der Waals surface area contributed by atoms with Crippen LogP contribution in [-0.4, -0.2) is 7.38 Å². The standard InChI is InChI=1S/C12H18Cl2Si/c1-9(2)15(14,10(3)4)12-7-5-11(13)6-8-12/h5-10H,1-4H3. The van der Waals surface area contributed by atoms with Gasteiger partial charge in [0, 0.05) is 5.02 Å². The number of rotatable bonds is 3. The Balaban J connectivity index is 3.16. The monoisotopic (exact) mass is 260 g/mol. The lowest BCUT2D eigenvalue weighted by Gasteiger charge is -2.33. The molecule has 0 N–H and O–H groups in total. The van der Waals surface area contributed by atoms with Gasteiger partial charge in [0.15, 0.2) is 7.38 Å². The van der Waals surface area contributed by atoms with Crippen LogP contribution in [0.3, 0.4) is 0 Å². The Morgan fingerprint density at radius 1 is 0.933 bits per heavy atom. The summed E-state index contributed by atoms with van der Waals surface area (Å²) in [7, 11) is -1.89. The van der Waals surface area contributed by atoms with Crippen molar-refractivity contribution in [2.75, 3.05) is 0 Å². The van der Waals surface area contributed by atoms with Gasteiger partial charge in [-0.2, -0.15) is 11.1 Å². The summed E-state index contributed by atoms with van der Waals surface area (Å²) in [5, 5.41) is 2.07. The molecule has 15 heavy (non-hydrogen) atoms. The zero-order valence-electron chi connectivity index (χ0n) is 9.72. The van der Waals surface area contributed by atoms with Gasteiger partial charge in [0.05, 0.1) is 0 Å². The molecule has 0 unspecified atom stereocenters. The zero-order chi connectivity index (χ0) is 11.6. The Morgan fingerprint density at radius 3 is 1.67 bits per heavy atom. The van der Waals surface area contributed by atoms with Gasteiger partial charge in [0.1, 0.15) is 0 Å². The molecule has 0 nitrogen and oxygen atoms in total. The summed E-state index contributed by atoms with van der Waals surface area (Å²) in [6.07, 6.45) is 0. The molecule has 0 aromatic heterocycles. The highest BCUT2D eigenvalue weighted by Gasteiger charge is 2.39. The maximum Gasteiger partial charge on any atom is 0.191 e. The van der Waals surface area contributed by atoms with Crippen LogP contribution in [0, 0.1) is 0 Å². The molecule has 0 spiro atoms.